The Bertz CT molecular complexity index is 913. The van der Waals surface area contributed by atoms with E-state index in [0.29, 0.717) is 16.9 Å². The van der Waals surface area contributed by atoms with E-state index in [1.807, 2.05) is 18.2 Å². The zero-order valence-corrected chi connectivity index (χ0v) is 13.5. The van der Waals surface area contributed by atoms with Crippen molar-refractivity contribution in [3.05, 3.63) is 65.1 Å². The number of methoxy groups -OCH3 is 1. The molecule has 0 aliphatic carbocycles. The maximum Gasteiger partial charge on any atom is 0.271 e. The van der Waals surface area contributed by atoms with Gasteiger partial charge in [-0.15, -0.1) is 0 Å². The first-order valence-corrected chi connectivity index (χ1v) is 7.43. The number of rotatable bonds is 4. The number of aromatic nitrogens is 2. The minimum Gasteiger partial charge on any atom is -0.497 e. The summed E-state index contributed by atoms with van der Waals surface area (Å²) in [7, 11) is 1.59. The summed E-state index contributed by atoms with van der Waals surface area (Å²) in [6, 6.07) is 10.6. The molecule has 2 heterocycles. The molecule has 0 aliphatic heterocycles. The van der Waals surface area contributed by atoms with Crippen molar-refractivity contribution in [1.29, 1.82) is 0 Å². The number of ether oxygens (including phenoxy) is 1. The van der Waals surface area contributed by atoms with Crippen LogP contribution in [0.25, 0.3) is 10.9 Å². The first kappa shape index (κ1) is 15.9. The van der Waals surface area contributed by atoms with E-state index in [2.05, 4.69) is 20.5 Å². The van der Waals surface area contributed by atoms with Crippen LogP contribution in [0.1, 0.15) is 15.9 Å². The average molecular weight is 341 g/mol. The molecule has 0 radical (unpaired) electrons. The van der Waals surface area contributed by atoms with Crippen molar-refractivity contribution in [2.24, 2.45) is 5.10 Å². The Morgan fingerprint density at radius 2 is 2.04 bits per heavy atom. The molecule has 120 valence electrons. The topological polar surface area (TPSA) is 76.5 Å². The Balaban J connectivity index is 1.79. The fraction of sp³-hybridized carbons (Fsp3) is 0.0588. The number of halogens is 1. The van der Waals surface area contributed by atoms with Crippen LogP contribution in [0.3, 0.4) is 0 Å². The van der Waals surface area contributed by atoms with Crippen molar-refractivity contribution in [2.75, 3.05) is 7.11 Å². The van der Waals surface area contributed by atoms with Crippen LogP contribution in [-0.2, 0) is 0 Å². The Morgan fingerprint density at radius 1 is 1.25 bits per heavy atom. The summed E-state index contributed by atoms with van der Waals surface area (Å²) >= 11 is 6.17. The van der Waals surface area contributed by atoms with Crippen LogP contribution in [-0.4, -0.2) is 29.2 Å². The Labute approximate surface area is 143 Å². The minimum absolute atomic E-state index is 0.290. The molecular formula is C17H13ClN4O2. The van der Waals surface area contributed by atoms with Gasteiger partial charge in [-0.2, -0.15) is 5.10 Å². The van der Waals surface area contributed by atoms with Crippen LogP contribution >= 0.6 is 11.6 Å². The molecule has 6 nitrogen and oxygen atoms in total. The second-order valence-electron chi connectivity index (χ2n) is 4.86. The molecular weight excluding hydrogens is 328 g/mol. The van der Waals surface area contributed by atoms with E-state index < -0.39 is 0 Å². The highest BCUT2D eigenvalue weighted by Crippen LogP contribution is 2.23. The largest absolute Gasteiger partial charge is 0.497 e. The maximum atomic E-state index is 11.9. The number of fused-ring (bicyclic) bond motifs is 1. The standard InChI is InChI=1S/C17H13ClN4O2/c1-24-14-3-2-12-8-13(16(18)21-15(12)9-14)10-20-22-17(23)11-4-6-19-7-5-11/h2-10H,1H3,(H,22,23)/b20-10-. The highest BCUT2D eigenvalue weighted by atomic mass is 35.5. The Kier molecular flexibility index (Phi) is 4.67. The number of nitrogens with one attached hydrogen (secondary N) is 1. The molecule has 0 bridgehead atoms. The monoisotopic (exact) mass is 340 g/mol. The van der Waals surface area contributed by atoms with Gasteiger partial charge < -0.3 is 4.74 Å². The summed E-state index contributed by atoms with van der Waals surface area (Å²) in [6.07, 6.45) is 4.53. The lowest BCUT2D eigenvalue weighted by Gasteiger charge is -2.04. The number of carbonyl (C=O) groups excluding carboxylic acids is 1. The predicted molar refractivity (Wildman–Crippen MR) is 92.6 cm³/mol. The molecule has 3 aromatic rings. The first-order chi connectivity index (χ1) is 11.7. The van der Waals surface area contributed by atoms with Crippen molar-refractivity contribution in [3.8, 4) is 5.75 Å². The maximum absolute atomic E-state index is 11.9. The molecule has 0 fully saturated rings. The molecule has 1 amide bonds. The van der Waals surface area contributed by atoms with Crippen LogP contribution in [0.5, 0.6) is 5.75 Å². The lowest BCUT2D eigenvalue weighted by atomic mass is 10.1. The van der Waals surface area contributed by atoms with Gasteiger partial charge in [0.15, 0.2) is 0 Å². The van der Waals surface area contributed by atoms with Gasteiger partial charge in [0.25, 0.3) is 5.91 Å². The highest BCUT2D eigenvalue weighted by molar-refractivity contribution is 6.32. The molecule has 24 heavy (non-hydrogen) atoms. The number of amides is 1. The summed E-state index contributed by atoms with van der Waals surface area (Å²) in [5.41, 5.74) is 4.23. The van der Waals surface area contributed by atoms with Crippen molar-refractivity contribution in [1.82, 2.24) is 15.4 Å². The molecule has 1 N–H and O–H groups in total. The number of hydrogen-bond donors (Lipinski definition) is 1. The third kappa shape index (κ3) is 3.49. The number of benzene rings is 1. The van der Waals surface area contributed by atoms with Gasteiger partial charge in [0.2, 0.25) is 0 Å². The van der Waals surface area contributed by atoms with E-state index in [1.165, 1.54) is 18.6 Å². The van der Waals surface area contributed by atoms with Gasteiger partial charge in [0.1, 0.15) is 10.9 Å². The van der Waals surface area contributed by atoms with Gasteiger partial charge in [0, 0.05) is 35.0 Å². The molecule has 1 aromatic carbocycles. The van der Waals surface area contributed by atoms with Crippen molar-refractivity contribution >= 4 is 34.6 Å². The SMILES string of the molecule is COc1ccc2cc(/C=N\NC(=O)c3ccncc3)c(Cl)nc2c1. The quantitative estimate of drug-likeness (QED) is 0.450. The van der Waals surface area contributed by atoms with Crippen molar-refractivity contribution in [3.63, 3.8) is 0 Å². The number of hydrazone groups is 1. The van der Waals surface area contributed by atoms with E-state index in [9.17, 15) is 4.79 Å². The number of pyridine rings is 2. The van der Waals surface area contributed by atoms with Crippen LogP contribution in [0.4, 0.5) is 0 Å². The van der Waals surface area contributed by atoms with Crippen LogP contribution in [0, 0.1) is 0 Å². The molecule has 0 atom stereocenters. The minimum atomic E-state index is -0.330. The van der Waals surface area contributed by atoms with E-state index in [-0.39, 0.29) is 11.1 Å². The lowest BCUT2D eigenvalue weighted by molar-refractivity contribution is 0.0955. The highest BCUT2D eigenvalue weighted by Gasteiger charge is 2.06. The number of nitrogens with zero attached hydrogens (tertiary/aromatic N) is 3. The van der Waals surface area contributed by atoms with Gasteiger partial charge >= 0.3 is 0 Å². The summed E-state index contributed by atoms with van der Waals surface area (Å²) < 4.78 is 5.16. The third-order valence-electron chi connectivity index (χ3n) is 3.32. The second-order valence-corrected chi connectivity index (χ2v) is 5.22. The fourth-order valence-electron chi connectivity index (χ4n) is 2.09. The van der Waals surface area contributed by atoms with Gasteiger partial charge in [0.05, 0.1) is 18.8 Å². The predicted octanol–water partition coefficient (Wildman–Crippen LogP) is 3.06. The summed E-state index contributed by atoms with van der Waals surface area (Å²) in [5.74, 6) is 0.375. The Morgan fingerprint density at radius 3 is 2.79 bits per heavy atom. The molecule has 0 aliphatic rings. The smallest absolute Gasteiger partial charge is 0.271 e. The Hall–Kier alpha value is -2.99. The van der Waals surface area contributed by atoms with E-state index in [4.69, 9.17) is 16.3 Å². The van der Waals surface area contributed by atoms with E-state index >= 15 is 0 Å². The summed E-state index contributed by atoms with van der Waals surface area (Å²) in [6.45, 7) is 0. The number of carbonyl (C=O) groups is 1. The summed E-state index contributed by atoms with van der Waals surface area (Å²) in [5, 5.41) is 5.11. The van der Waals surface area contributed by atoms with Crippen molar-refractivity contribution in [2.45, 2.75) is 0 Å². The zero-order valence-electron chi connectivity index (χ0n) is 12.7. The molecule has 0 saturated heterocycles. The van der Waals surface area contributed by atoms with Crippen LogP contribution in [0.15, 0.2) is 53.9 Å². The van der Waals surface area contributed by atoms with Crippen LogP contribution < -0.4 is 10.2 Å². The van der Waals surface area contributed by atoms with Gasteiger partial charge in [-0.25, -0.2) is 10.4 Å². The second kappa shape index (κ2) is 7.06. The molecule has 0 spiro atoms. The van der Waals surface area contributed by atoms with E-state index in [1.54, 1.807) is 25.3 Å². The van der Waals surface area contributed by atoms with Gasteiger partial charge in [-0.3, -0.25) is 9.78 Å². The average Bonchev–Trinajstić information content (AvgIpc) is 2.62. The molecule has 3 rings (SSSR count). The normalized spacial score (nSPS) is 10.9. The number of hydrogen-bond acceptors (Lipinski definition) is 5. The van der Waals surface area contributed by atoms with Gasteiger partial charge in [-0.05, 0) is 30.3 Å². The molecule has 2 aromatic heterocycles. The van der Waals surface area contributed by atoms with Gasteiger partial charge in [-0.1, -0.05) is 11.6 Å². The zero-order chi connectivity index (χ0) is 16.9. The molecule has 0 saturated carbocycles. The van der Waals surface area contributed by atoms with Crippen LogP contribution in [0.2, 0.25) is 5.15 Å². The molecule has 7 heteroatoms. The summed E-state index contributed by atoms with van der Waals surface area (Å²) in [4.78, 5) is 20.1. The lowest BCUT2D eigenvalue weighted by Crippen LogP contribution is -2.17. The van der Waals surface area contributed by atoms with Crippen molar-refractivity contribution < 1.29 is 9.53 Å². The third-order valence-corrected chi connectivity index (χ3v) is 3.62. The molecule has 0 unspecified atom stereocenters. The fourth-order valence-corrected chi connectivity index (χ4v) is 2.28. The first-order valence-electron chi connectivity index (χ1n) is 7.05. The van der Waals surface area contributed by atoms with E-state index in [0.717, 1.165) is 10.9 Å².